The number of nitrogens with zero attached hydrogens (tertiary/aromatic N) is 1. The molecule has 0 saturated carbocycles. The van der Waals surface area contributed by atoms with Crippen LogP contribution in [0.25, 0.3) is 0 Å². The van der Waals surface area contributed by atoms with Gasteiger partial charge in [0.05, 0.1) is 22.5 Å². The number of halogens is 1. The molecule has 1 aliphatic carbocycles. The van der Waals surface area contributed by atoms with E-state index in [1.165, 1.54) is 0 Å². The number of para-hydroxylation sites is 1. The van der Waals surface area contributed by atoms with Crippen molar-refractivity contribution in [3.8, 4) is 0 Å². The molecule has 1 aromatic rings. The van der Waals surface area contributed by atoms with E-state index in [0.29, 0.717) is 23.6 Å². The van der Waals surface area contributed by atoms with Gasteiger partial charge >= 0.3 is 0 Å². The van der Waals surface area contributed by atoms with Crippen molar-refractivity contribution in [1.29, 1.82) is 0 Å². The Morgan fingerprint density at radius 1 is 1.04 bits per heavy atom. The van der Waals surface area contributed by atoms with E-state index in [-0.39, 0.29) is 23.7 Å². The number of likely N-dealkylation sites (tertiary alicyclic amines) is 1. The number of rotatable bonds is 3. The van der Waals surface area contributed by atoms with Crippen molar-refractivity contribution in [2.75, 3.05) is 18.4 Å². The number of carbonyl (C=O) groups excluding carboxylic acids is 2. The van der Waals surface area contributed by atoms with Crippen LogP contribution in [0.15, 0.2) is 36.4 Å². The predicted octanol–water partition coefficient (Wildman–Crippen LogP) is 3.48. The van der Waals surface area contributed by atoms with Gasteiger partial charge in [-0.05, 0) is 37.8 Å². The molecule has 1 heterocycles. The first-order valence-electron chi connectivity index (χ1n) is 8.16. The largest absolute Gasteiger partial charge is 0.342 e. The van der Waals surface area contributed by atoms with Crippen LogP contribution in [-0.2, 0) is 9.59 Å². The van der Waals surface area contributed by atoms with Crippen LogP contribution >= 0.6 is 11.6 Å². The molecule has 2 aliphatic rings. The average Bonchev–Trinajstić information content (AvgIpc) is 3.11. The molecule has 1 saturated heterocycles. The van der Waals surface area contributed by atoms with Crippen molar-refractivity contribution < 1.29 is 9.59 Å². The molecule has 2 unspecified atom stereocenters. The van der Waals surface area contributed by atoms with Crippen molar-refractivity contribution in [2.24, 2.45) is 11.8 Å². The van der Waals surface area contributed by atoms with Crippen LogP contribution in [-0.4, -0.2) is 29.8 Å². The fraction of sp³-hybridized carbons (Fsp3) is 0.444. The Labute approximate surface area is 141 Å². The normalized spacial score (nSPS) is 23.8. The lowest BCUT2D eigenvalue weighted by Gasteiger charge is -2.30. The molecule has 1 aliphatic heterocycles. The quantitative estimate of drug-likeness (QED) is 0.861. The molecule has 0 radical (unpaired) electrons. The minimum absolute atomic E-state index is 0.117. The van der Waals surface area contributed by atoms with E-state index in [1.54, 1.807) is 12.1 Å². The Bertz CT molecular complexity index is 623. The zero-order valence-corrected chi connectivity index (χ0v) is 13.8. The van der Waals surface area contributed by atoms with Gasteiger partial charge in [0.1, 0.15) is 0 Å². The first-order valence-corrected chi connectivity index (χ1v) is 8.54. The van der Waals surface area contributed by atoms with E-state index in [4.69, 9.17) is 11.6 Å². The second kappa shape index (κ2) is 7.18. The van der Waals surface area contributed by atoms with Gasteiger partial charge in [-0.15, -0.1) is 0 Å². The second-order valence-corrected chi connectivity index (χ2v) is 6.56. The summed E-state index contributed by atoms with van der Waals surface area (Å²) >= 11 is 6.11. The number of carbonyl (C=O) groups is 2. The molecule has 0 aromatic heterocycles. The van der Waals surface area contributed by atoms with E-state index < -0.39 is 0 Å². The standard InChI is InChI=1S/C18H21ClN2O2/c19-15-9-3-4-10-16(15)20-17(22)13-7-1-2-8-14(13)18(23)21-11-5-6-12-21/h1-4,9-10,13-14H,5-8,11-12H2,(H,20,22). The fourth-order valence-corrected chi connectivity index (χ4v) is 3.52. The molecule has 1 fully saturated rings. The Morgan fingerprint density at radius 3 is 2.39 bits per heavy atom. The molecular formula is C18H21ClN2O2. The first kappa shape index (κ1) is 16.1. The molecule has 4 nitrogen and oxygen atoms in total. The number of hydrogen-bond acceptors (Lipinski definition) is 2. The first-order chi connectivity index (χ1) is 11.2. The summed E-state index contributed by atoms with van der Waals surface area (Å²) in [7, 11) is 0. The maximum atomic E-state index is 12.7. The highest BCUT2D eigenvalue weighted by Gasteiger charge is 2.37. The van der Waals surface area contributed by atoms with Crippen molar-refractivity contribution in [3.05, 3.63) is 41.4 Å². The Kier molecular flexibility index (Phi) is 5.01. The second-order valence-electron chi connectivity index (χ2n) is 6.16. The number of amides is 2. The number of benzene rings is 1. The molecular weight excluding hydrogens is 312 g/mol. The van der Waals surface area contributed by atoms with Gasteiger partial charge in [-0.2, -0.15) is 0 Å². The third-order valence-electron chi connectivity index (χ3n) is 4.64. The lowest BCUT2D eigenvalue weighted by Crippen LogP contribution is -2.42. The average molecular weight is 333 g/mol. The van der Waals surface area contributed by atoms with Crippen LogP contribution in [0, 0.1) is 11.8 Å². The lowest BCUT2D eigenvalue weighted by molar-refractivity contribution is -0.139. The Balaban J connectivity index is 1.73. The molecule has 122 valence electrons. The van der Waals surface area contributed by atoms with Gasteiger partial charge in [-0.3, -0.25) is 9.59 Å². The van der Waals surface area contributed by atoms with E-state index in [2.05, 4.69) is 5.32 Å². The van der Waals surface area contributed by atoms with Gasteiger partial charge in [0.25, 0.3) is 0 Å². The zero-order valence-electron chi connectivity index (χ0n) is 13.0. The number of nitrogens with one attached hydrogen (secondary N) is 1. The maximum absolute atomic E-state index is 12.7. The number of hydrogen-bond donors (Lipinski definition) is 1. The summed E-state index contributed by atoms with van der Waals surface area (Å²) in [5.74, 6) is -0.601. The monoisotopic (exact) mass is 332 g/mol. The molecule has 0 spiro atoms. The number of allylic oxidation sites excluding steroid dienone is 2. The van der Waals surface area contributed by atoms with Gasteiger partial charge < -0.3 is 10.2 Å². The Morgan fingerprint density at radius 2 is 1.70 bits per heavy atom. The fourth-order valence-electron chi connectivity index (χ4n) is 3.34. The smallest absolute Gasteiger partial charge is 0.228 e. The van der Waals surface area contributed by atoms with Gasteiger partial charge in [-0.25, -0.2) is 0 Å². The summed E-state index contributed by atoms with van der Waals surface area (Å²) in [5, 5.41) is 3.39. The molecule has 5 heteroatoms. The van der Waals surface area contributed by atoms with Crippen LogP contribution in [0.3, 0.4) is 0 Å². The van der Waals surface area contributed by atoms with Gasteiger partial charge in [0.15, 0.2) is 0 Å². The van der Waals surface area contributed by atoms with Crippen molar-refractivity contribution in [3.63, 3.8) is 0 Å². The Hall–Kier alpha value is -1.81. The van der Waals surface area contributed by atoms with E-state index in [1.807, 2.05) is 29.2 Å². The third kappa shape index (κ3) is 3.58. The highest BCUT2D eigenvalue weighted by atomic mass is 35.5. The van der Waals surface area contributed by atoms with Crippen LogP contribution in [0.2, 0.25) is 5.02 Å². The summed E-state index contributed by atoms with van der Waals surface area (Å²) in [6.07, 6.45) is 7.36. The molecule has 1 N–H and O–H groups in total. The van der Waals surface area contributed by atoms with Crippen LogP contribution < -0.4 is 5.32 Å². The topological polar surface area (TPSA) is 49.4 Å². The maximum Gasteiger partial charge on any atom is 0.228 e. The summed E-state index contributed by atoms with van der Waals surface area (Å²) in [5.41, 5.74) is 0.598. The van der Waals surface area contributed by atoms with Crippen molar-refractivity contribution in [1.82, 2.24) is 4.90 Å². The third-order valence-corrected chi connectivity index (χ3v) is 4.97. The summed E-state index contributed by atoms with van der Waals surface area (Å²) < 4.78 is 0. The molecule has 0 bridgehead atoms. The highest BCUT2D eigenvalue weighted by Crippen LogP contribution is 2.31. The van der Waals surface area contributed by atoms with E-state index in [9.17, 15) is 9.59 Å². The predicted molar refractivity (Wildman–Crippen MR) is 91.2 cm³/mol. The highest BCUT2D eigenvalue weighted by molar-refractivity contribution is 6.33. The number of anilines is 1. The molecule has 1 aromatic carbocycles. The summed E-state index contributed by atoms with van der Waals surface area (Å²) in [6.45, 7) is 1.63. The van der Waals surface area contributed by atoms with Gasteiger partial charge in [0, 0.05) is 13.1 Å². The van der Waals surface area contributed by atoms with E-state index >= 15 is 0 Å². The van der Waals surface area contributed by atoms with Gasteiger partial charge in [0.2, 0.25) is 11.8 Å². The minimum Gasteiger partial charge on any atom is -0.342 e. The van der Waals surface area contributed by atoms with Crippen molar-refractivity contribution >= 4 is 29.1 Å². The van der Waals surface area contributed by atoms with Crippen molar-refractivity contribution in [2.45, 2.75) is 25.7 Å². The minimum atomic E-state index is -0.329. The molecule has 2 atom stereocenters. The van der Waals surface area contributed by atoms with Gasteiger partial charge in [-0.1, -0.05) is 35.9 Å². The molecule has 23 heavy (non-hydrogen) atoms. The van der Waals surface area contributed by atoms with E-state index in [0.717, 1.165) is 25.9 Å². The summed E-state index contributed by atoms with van der Waals surface area (Å²) in [6, 6.07) is 7.16. The molecule has 2 amide bonds. The molecule has 3 rings (SSSR count). The van der Waals surface area contributed by atoms with Crippen LogP contribution in [0.5, 0.6) is 0 Å². The summed E-state index contributed by atoms with van der Waals surface area (Å²) in [4.78, 5) is 27.3. The lowest BCUT2D eigenvalue weighted by atomic mass is 9.81. The van der Waals surface area contributed by atoms with Crippen LogP contribution in [0.4, 0.5) is 5.69 Å². The zero-order chi connectivity index (χ0) is 16.2. The SMILES string of the molecule is O=C(Nc1ccccc1Cl)C1CC=CCC1C(=O)N1CCCC1. The van der Waals surface area contributed by atoms with Crippen LogP contribution in [0.1, 0.15) is 25.7 Å².